The Balaban J connectivity index is 2.46. The Labute approximate surface area is 111 Å². The largest absolute Gasteiger partial charge is 0.310 e. The molecule has 5 heteroatoms. The van der Waals surface area contributed by atoms with Crippen molar-refractivity contribution in [2.24, 2.45) is 0 Å². The third-order valence-corrected chi connectivity index (χ3v) is 3.01. The first-order valence-corrected chi connectivity index (χ1v) is 6.07. The van der Waals surface area contributed by atoms with Crippen molar-refractivity contribution in [3.63, 3.8) is 0 Å². The summed E-state index contributed by atoms with van der Waals surface area (Å²) in [4.78, 5) is 11.8. The minimum atomic E-state index is -0.527. The summed E-state index contributed by atoms with van der Waals surface area (Å²) in [7, 11) is 0. The fourth-order valence-electron chi connectivity index (χ4n) is 1.71. The number of aryl methyl sites for hydroxylation is 1. The van der Waals surface area contributed by atoms with Gasteiger partial charge in [0, 0.05) is 21.8 Å². The first-order valence-electron chi connectivity index (χ1n) is 5.28. The summed E-state index contributed by atoms with van der Waals surface area (Å²) in [5, 5.41) is 0. The third kappa shape index (κ3) is 2.67. The number of halogens is 3. The molecule has 18 heavy (non-hydrogen) atoms. The van der Waals surface area contributed by atoms with Crippen LogP contribution in [0.1, 0.15) is 11.1 Å². The zero-order valence-electron chi connectivity index (χ0n) is 9.58. The maximum atomic E-state index is 13.5. The molecule has 0 radical (unpaired) electrons. The van der Waals surface area contributed by atoms with Crippen LogP contribution in [0.5, 0.6) is 0 Å². The van der Waals surface area contributed by atoms with Gasteiger partial charge in [0.1, 0.15) is 11.6 Å². The van der Waals surface area contributed by atoms with E-state index in [0.29, 0.717) is 5.56 Å². The molecule has 2 nitrogen and oxygen atoms in total. The molecule has 0 amide bonds. The van der Waals surface area contributed by atoms with Crippen LogP contribution in [-0.2, 0) is 6.54 Å². The van der Waals surface area contributed by atoms with Crippen LogP contribution in [0, 0.1) is 18.6 Å². The Hall–Kier alpha value is -1.49. The minimum absolute atomic E-state index is 0.00269. The molecule has 0 saturated heterocycles. The van der Waals surface area contributed by atoms with Crippen molar-refractivity contribution in [2.75, 3.05) is 0 Å². The second-order valence-corrected chi connectivity index (χ2v) is 4.93. The molecule has 94 valence electrons. The molecule has 0 spiro atoms. The fourth-order valence-corrected chi connectivity index (χ4v) is 2.30. The maximum Gasteiger partial charge on any atom is 0.253 e. The molecule has 0 aliphatic heterocycles. The molecular weight excluding hydrogens is 304 g/mol. The average molecular weight is 314 g/mol. The normalized spacial score (nSPS) is 10.7. The lowest BCUT2D eigenvalue weighted by Crippen LogP contribution is -2.22. The summed E-state index contributed by atoms with van der Waals surface area (Å²) < 4.78 is 28.6. The van der Waals surface area contributed by atoms with Crippen LogP contribution in [0.15, 0.2) is 39.7 Å². The summed E-state index contributed by atoms with van der Waals surface area (Å²) in [5.74, 6) is -1.05. The van der Waals surface area contributed by atoms with Gasteiger partial charge in [-0.3, -0.25) is 4.79 Å². The lowest BCUT2D eigenvalue weighted by molar-refractivity contribution is 0.574. The highest BCUT2D eigenvalue weighted by atomic mass is 79.9. The molecule has 0 aliphatic carbocycles. The third-order valence-electron chi connectivity index (χ3n) is 2.58. The molecule has 0 bridgehead atoms. The summed E-state index contributed by atoms with van der Waals surface area (Å²) in [6.45, 7) is 1.67. The number of pyridine rings is 1. The fraction of sp³-hybridized carbons (Fsp3) is 0.154. The van der Waals surface area contributed by atoms with E-state index in [2.05, 4.69) is 15.9 Å². The topological polar surface area (TPSA) is 22.0 Å². The van der Waals surface area contributed by atoms with E-state index in [4.69, 9.17) is 0 Å². The van der Waals surface area contributed by atoms with E-state index >= 15 is 0 Å². The molecule has 0 saturated carbocycles. The van der Waals surface area contributed by atoms with Gasteiger partial charge in [-0.15, -0.1) is 0 Å². The number of rotatable bonds is 2. The molecule has 1 aromatic carbocycles. The summed E-state index contributed by atoms with van der Waals surface area (Å²) >= 11 is 3.27. The lowest BCUT2D eigenvalue weighted by Gasteiger charge is -2.09. The van der Waals surface area contributed by atoms with Gasteiger partial charge in [-0.05, 0) is 47.1 Å². The molecule has 1 aromatic heterocycles. The highest BCUT2D eigenvalue weighted by Crippen LogP contribution is 2.13. The van der Waals surface area contributed by atoms with E-state index in [-0.39, 0.29) is 17.7 Å². The number of nitrogens with zero attached hydrogens (tertiary/aromatic N) is 1. The summed E-state index contributed by atoms with van der Waals surface area (Å²) in [6.07, 6.45) is 1.56. The number of hydrogen-bond donors (Lipinski definition) is 0. The van der Waals surface area contributed by atoms with Gasteiger partial charge in [0.15, 0.2) is 0 Å². The zero-order valence-corrected chi connectivity index (χ0v) is 11.2. The SMILES string of the molecule is Cc1cc(Br)cn(Cc2cc(F)ccc2F)c1=O. The highest BCUT2D eigenvalue weighted by molar-refractivity contribution is 9.10. The van der Waals surface area contributed by atoms with Crippen molar-refractivity contribution in [3.8, 4) is 0 Å². The van der Waals surface area contributed by atoms with Crippen LogP contribution >= 0.6 is 15.9 Å². The summed E-state index contributed by atoms with van der Waals surface area (Å²) in [5.41, 5.74) is 0.470. The molecule has 1 heterocycles. The van der Waals surface area contributed by atoms with Gasteiger partial charge in [0.25, 0.3) is 5.56 Å². The smallest absolute Gasteiger partial charge is 0.253 e. The van der Waals surface area contributed by atoms with Crippen LogP contribution in [0.4, 0.5) is 8.78 Å². The Morgan fingerprint density at radius 1 is 1.28 bits per heavy atom. The minimum Gasteiger partial charge on any atom is -0.310 e. The zero-order chi connectivity index (χ0) is 13.3. The number of benzene rings is 1. The van der Waals surface area contributed by atoms with E-state index in [1.165, 1.54) is 4.57 Å². The van der Waals surface area contributed by atoms with E-state index in [1.807, 2.05) is 0 Å². The Morgan fingerprint density at radius 2 is 2.00 bits per heavy atom. The van der Waals surface area contributed by atoms with Crippen molar-refractivity contribution in [2.45, 2.75) is 13.5 Å². The molecule has 0 N–H and O–H groups in total. The van der Waals surface area contributed by atoms with E-state index in [1.54, 1.807) is 19.2 Å². The van der Waals surface area contributed by atoms with Gasteiger partial charge in [0.2, 0.25) is 0 Å². The van der Waals surface area contributed by atoms with Gasteiger partial charge in [0.05, 0.1) is 6.54 Å². The van der Waals surface area contributed by atoms with Crippen LogP contribution < -0.4 is 5.56 Å². The number of hydrogen-bond acceptors (Lipinski definition) is 1. The first-order chi connectivity index (χ1) is 8.47. The highest BCUT2D eigenvalue weighted by Gasteiger charge is 2.07. The molecular formula is C13H10BrF2NO. The van der Waals surface area contributed by atoms with Crippen LogP contribution in [0.3, 0.4) is 0 Å². The van der Waals surface area contributed by atoms with Crippen molar-refractivity contribution in [1.29, 1.82) is 0 Å². The van der Waals surface area contributed by atoms with Crippen LogP contribution in [-0.4, -0.2) is 4.57 Å². The van der Waals surface area contributed by atoms with E-state index in [9.17, 15) is 13.6 Å². The van der Waals surface area contributed by atoms with Gasteiger partial charge in [-0.1, -0.05) is 0 Å². The molecule has 0 fully saturated rings. The number of aromatic nitrogens is 1. The van der Waals surface area contributed by atoms with Crippen molar-refractivity contribution in [1.82, 2.24) is 4.57 Å². The van der Waals surface area contributed by atoms with Gasteiger partial charge >= 0.3 is 0 Å². The molecule has 0 atom stereocenters. The van der Waals surface area contributed by atoms with Crippen LogP contribution in [0.2, 0.25) is 0 Å². The predicted molar refractivity (Wildman–Crippen MR) is 68.6 cm³/mol. The van der Waals surface area contributed by atoms with Gasteiger partial charge < -0.3 is 4.57 Å². The van der Waals surface area contributed by atoms with Gasteiger partial charge in [-0.2, -0.15) is 0 Å². The molecule has 0 aliphatic rings. The second-order valence-electron chi connectivity index (χ2n) is 4.01. The molecule has 0 unspecified atom stereocenters. The Morgan fingerprint density at radius 3 is 2.72 bits per heavy atom. The lowest BCUT2D eigenvalue weighted by atomic mass is 10.2. The van der Waals surface area contributed by atoms with Crippen molar-refractivity contribution < 1.29 is 8.78 Å². The van der Waals surface area contributed by atoms with Crippen molar-refractivity contribution in [3.05, 3.63) is 68.1 Å². The first kappa shape index (κ1) is 13.0. The Bertz CT molecular complexity index is 652. The standard InChI is InChI=1S/C13H10BrF2NO/c1-8-4-10(14)7-17(13(8)18)6-9-5-11(15)2-3-12(9)16/h2-5,7H,6H2,1H3. The summed E-state index contributed by atoms with van der Waals surface area (Å²) in [6, 6.07) is 4.88. The quantitative estimate of drug-likeness (QED) is 0.834. The molecule has 2 rings (SSSR count). The maximum absolute atomic E-state index is 13.5. The average Bonchev–Trinajstić information content (AvgIpc) is 2.30. The van der Waals surface area contributed by atoms with Crippen molar-refractivity contribution >= 4 is 15.9 Å². The van der Waals surface area contributed by atoms with Gasteiger partial charge in [-0.25, -0.2) is 8.78 Å². The Kier molecular flexibility index (Phi) is 3.61. The predicted octanol–water partition coefficient (Wildman–Crippen LogP) is 3.25. The molecule has 2 aromatic rings. The van der Waals surface area contributed by atoms with Crippen LogP contribution in [0.25, 0.3) is 0 Å². The van der Waals surface area contributed by atoms with E-state index < -0.39 is 11.6 Å². The monoisotopic (exact) mass is 313 g/mol. The van der Waals surface area contributed by atoms with E-state index in [0.717, 1.165) is 22.7 Å². The second kappa shape index (κ2) is 5.02.